The van der Waals surface area contributed by atoms with Crippen molar-refractivity contribution in [1.82, 2.24) is 15.2 Å². The first-order valence-corrected chi connectivity index (χ1v) is 6.95. The number of pyridine rings is 1. The molecule has 2 heterocycles. The molecule has 2 aromatic heterocycles. The van der Waals surface area contributed by atoms with Crippen molar-refractivity contribution in [2.45, 2.75) is 33.2 Å². The molecule has 0 aromatic carbocycles. The highest BCUT2D eigenvalue weighted by Gasteiger charge is 2.10. The van der Waals surface area contributed by atoms with Crippen molar-refractivity contribution >= 4 is 16.5 Å². The zero-order chi connectivity index (χ0) is 13.0. The molecule has 18 heavy (non-hydrogen) atoms. The van der Waals surface area contributed by atoms with Crippen molar-refractivity contribution in [3.05, 3.63) is 35.1 Å². The molecule has 0 aliphatic heterocycles. The van der Waals surface area contributed by atoms with Gasteiger partial charge in [-0.3, -0.25) is 4.98 Å². The van der Waals surface area contributed by atoms with Gasteiger partial charge in [0.25, 0.3) is 0 Å². The molecule has 0 fully saturated rings. The monoisotopic (exact) mass is 262 g/mol. The van der Waals surface area contributed by atoms with Crippen LogP contribution in [0.5, 0.6) is 0 Å². The third kappa shape index (κ3) is 3.50. The van der Waals surface area contributed by atoms with Crippen molar-refractivity contribution in [2.75, 3.05) is 5.32 Å². The molecule has 2 aromatic rings. The van der Waals surface area contributed by atoms with E-state index in [1.807, 2.05) is 12.1 Å². The van der Waals surface area contributed by atoms with Crippen LogP contribution in [0.4, 0.5) is 5.13 Å². The van der Waals surface area contributed by atoms with Gasteiger partial charge in [-0.15, -0.1) is 10.2 Å². The predicted octanol–water partition coefficient (Wildman–Crippen LogP) is 3.30. The number of nitrogens with zero attached hydrogens (tertiary/aromatic N) is 3. The highest BCUT2D eigenvalue weighted by Crippen LogP contribution is 2.23. The fraction of sp³-hybridized carbons (Fsp3) is 0.462. The van der Waals surface area contributed by atoms with Gasteiger partial charge in [-0.1, -0.05) is 25.2 Å². The van der Waals surface area contributed by atoms with E-state index in [2.05, 4.69) is 41.3 Å². The van der Waals surface area contributed by atoms with Crippen LogP contribution in [0, 0.1) is 5.92 Å². The topological polar surface area (TPSA) is 50.7 Å². The Labute approximate surface area is 111 Å². The molecule has 4 nitrogen and oxygen atoms in total. The molecule has 1 N–H and O–H groups in total. The third-order valence-electron chi connectivity index (χ3n) is 2.60. The van der Waals surface area contributed by atoms with E-state index in [0.717, 1.165) is 16.6 Å². The Bertz CT molecular complexity index is 481. The summed E-state index contributed by atoms with van der Waals surface area (Å²) < 4.78 is 0. The van der Waals surface area contributed by atoms with Crippen LogP contribution in [-0.4, -0.2) is 15.2 Å². The Kier molecular flexibility index (Phi) is 4.25. The molecule has 0 saturated carbocycles. The molecule has 0 bridgehead atoms. The maximum atomic E-state index is 4.20. The van der Waals surface area contributed by atoms with E-state index in [4.69, 9.17) is 0 Å². The van der Waals surface area contributed by atoms with Gasteiger partial charge < -0.3 is 5.32 Å². The number of rotatable bonds is 5. The molecule has 0 amide bonds. The summed E-state index contributed by atoms with van der Waals surface area (Å²) in [4.78, 5) is 4.02. The van der Waals surface area contributed by atoms with Crippen LogP contribution in [0.15, 0.2) is 24.5 Å². The first-order chi connectivity index (χ1) is 8.65. The average molecular weight is 262 g/mol. The molecule has 2 rings (SSSR count). The van der Waals surface area contributed by atoms with Gasteiger partial charge in [-0.25, -0.2) is 0 Å². The summed E-state index contributed by atoms with van der Waals surface area (Å²) in [5.74, 6) is 0.614. The van der Waals surface area contributed by atoms with Gasteiger partial charge in [0.1, 0.15) is 5.01 Å². The van der Waals surface area contributed by atoms with Crippen molar-refractivity contribution in [2.24, 2.45) is 5.92 Å². The van der Waals surface area contributed by atoms with Gasteiger partial charge in [0, 0.05) is 18.8 Å². The van der Waals surface area contributed by atoms with Crippen molar-refractivity contribution in [3.63, 3.8) is 0 Å². The Morgan fingerprint density at radius 1 is 1.17 bits per heavy atom. The molecule has 0 spiro atoms. The lowest BCUT2D eigenvalue weighted by Gasteiger charge is -2.11. The fourth-order valence-electron chi connectivity index (χ4n) is 1.66. The maximum Gasteiger partial charge on any atom is 0.206 e. The van der Waals surface area contributed by atoms with Gasteiger partial charge in [-0.05, 0) is 30.5 Å². The highest BCUT2D eigenvalue weighted by molar-refractivity contribution is 7.15. The van der Waals surface area contributed by atoms with Crippen LogP contribution in [0.2, 0.25) is 0 Å². The standard InChI is InChI=1S/C13H18N4S/c1-9(2)8-12-16-17-13(18-12)15-10(3)11-4-6-14-7-5-11/h4-7,9-10H,8H2,1-3H3,(H,15,17). The Morgan fingerprint density at radius 2 is 1.89 bits per heavy atom. The first kappa shape index (κ1) is 13.0. The van der Waals surface area contributed by atoms with Crippen LogP contribution >= 0.6 is 11.3 Å². The minimum Gasteiger partial charge on any atom is -0.354 e. The summed E-state index contributed by atoms with van der Waals surface area (Å²) in [5.41, 5.74) is 1.20. The van der Waals surface area contributed by atoms with E-state index in [-0.39, 0.29) is 6.04 Å². The van der Waals surface area contributed by atoms with Gasteiger partial charge in [-0.2, -0.15) is 0 Å². The van der Waals surface area contributed by atoms with E-state index in [1.54, 1.807) is 23.7 Å². The van der Waals surface area contributed by atoms with Crippen LogP contribution in [0.3, 0.4) is 0 Å². The lowest BCUT2D eigenvalue weighted by Crippen LogP contribution is -2.06. The minimum absolute atomic E-state index is 0.216. The second-order valence-electron chi connectivity index (χ2n) is 4.75. The summed E-state index contributed by atoms with van der Waals surface area (Å²) in [7, 11) is 0. The zero-order valence-corrected chi connectivity index (χ0v) is 11.7. The number of anilines is 1. The molecule has 0 aliphatic carbocycles. The lowest BCUT2D eigenvalue weighted by atomic mass is 10.1. The lowest BCUT2D eigenvalue weighted by molar-refractivity contribution is 0.640. The first-order valence-electron chi connectivity index (χ1n) is 6.14. The number of hydrogen-bond acceptors (Lipinski definition) is 5. The summed E-state index contributed by atoms with van der Waals surface area (Å²) >= 11 is 1.64. The molecule has 0 radical (unpaired) electrons. The summed E-state index contributed by atoms with van der Waals surface area (Å²) in [6.07, 6.45) is 4.60. The normalized spacial score (nSPS) is 12.7. The second-order valence-corrected chi connectivity index (χ2v) is 5.81. The molecule has 0 saturated heterocycles. The van der Waals surface area contributed by atoms with Crippen molar-refractivity contribution in [1.29, 1.82) is 0 Å². The van der Waals surface area contributed by atoms with E-state index in [1.165, 1.54) is 5.56 Å². The highest BCUT2D eigenvalue weighted by atomic mass is 32.1. The summed E-state index contributed by atoms with van der Waals surface area (Å²) in [6, 6.07) is 4.23. The SMILES string of the molecule is CC(C)Cc1nnc(NC(C)c2ccncc2)s1. The van der Waals surface area contributed by atoms with E-state index >= 15 is 0 Å². The van der Waals surface area contributed by atoms with E-state index in [0.29, 0.717) is 5.92 Å². The fourth-order valence-corrected chi connectivity index (χ4v) is 2.70. The molecule has 0 aliphatic rings. The van der Waals surface area contributed by atoms with Crippen LogP contribution < -0.4 is 5.32 Å². The van der Waals surface area contributed by atoms with Gasteiger partial charge >= 0.3 is 0 Å². The summed E-state index contributed by atoms with van der Waals surface area (Å²) in [5, 5.41) is 13.7. The zero-order valence-electron chi connectivity index (χ0n) is 10.9. The quantitative estimate of drug-likeness (QED) is 0.898. The van der Waals surface area contributed by atoms with Crippen molar-refractivity contribution in [3.8, 4) is 0 Å². The molecular formula is C13H18N4S. The van der Waals surface area contributed by atoms with Crippen LogP contribution in [-0.2, 0) is 6.42 Å². The number of hydrogen-bond donors (Lipinski definition) is 1. The van der Waals surface area contributed by atoms with Crippen LogP contribution in [0.25, 0.3) is 0 Å². The van der Waals surface area contributed by atoms with Crippen molar-refractivity contribution < 1.29 is 0 Å². The van der Waals surface area contributed by atoms with E-state index < -0.39 is 0 Å². The maximum absolute atomic E-state index is 4.20. The van der Waals surface area contributed by atoms with Crippen LogP contribution in [0.1, 0.15) is 37.4 Å². The summed E-state index contributed by atoms with van der Waals surface area (Å²) in [6.45, 7) is 6.49. The van der Waals surface area contributed by atoms with E-state index in [9.17, 15) is 0 Å². The Morgan fingerprint density at radius 3 is 2.56 bits per heavy atom. The molecule has 1 unspecified atom stereocenters. The average Bonchev–Trinajstić information content (AvgIpc) is 2.76. The number of aromatic nitrogens is 3. The number of nitrogens with one attached hydrogen (secondary N) is 1. The molecule has 5 heteroatoms. The molecular weight excluding hydrogens is 244 g/mol. The Balaban J connectivity index is 1.99. The molecule has 96 valence electrons. The molecule has 1 atom stereocenters. The predicted molar refractivity (Wildman–Crippen MR) is 74.7 cm³/mol. The second kappa shape index (κ2) is 5.91. The van der Waals surface area contributed by atoms with Gasteiger partial charge in [0.05, 0.1) is 6.04 Å². The Hall–Kier alpha value is -1.49. The largest absolute Gasteiger partial charge is 0.354 e. The smallest absolute Gasteiger partial charge is 0.206 e. The third-order valence-corrected chi connectivity index (χ3v) is 3.47. The van der Waals surface area contributed by atoms with Gasteiger partial charge in [0.15, 0.2) is 0 Å². The van der Waals surface area contributed by atoms with Gasteiger partial charge in [0.2, 0.25) is 5.13 Å². The minimum atomic E-state index is 0.216.